The average Bonchev–Trinajstić information content (AvgIpc) is 2.47. The van der Waals surface area contributed by atoms with Crippen LogP contribution >= 0.6 is 0 Å². The monoisotopic (exact) mass is 261 g/mol. The average molecular weight is 261 g/mol. The minimum absolute atomic E-state index is 0.152. The number of nitriles is 1. The van der Waals surface area contributed by atoms with Crippen molar-refractivity contribution in [3.05, 3.63) is 70.8 Å². The Morgan fingerprint density at radius 2 is 1.50 bits per heavy atom. The Kier molecular flexibility index (Phi) is 2.23. The van der Waals surface area contributed by atoms with E-state index in [9.17, 15) is 0 Å². The minimum Gasteiger partial charge on any atom is -0.420 e. The minimum atomic E-state index is -0.428. The maximum absolute atomic E-state index is 9.04. The van der Waals surface area contributed by atoms with E-state index in [1.54, 1.807) is 0 Å². The quantitative estimate of drug-likeness (QED) is 0.729. The number of ether oxygens (including phenoxy) is 1. The lowest BCUT2D eigenvalue weighted by Gasteiger charge is -2.49. The lowest BCUT2D eigenvalue weighted by atomic mass is 9.57. The number of rotatable bonds is 1. The summed E-state index contributed by atoms with van der Waals surface area (Å²) in [5, 5.41) is 9.04. The molecule has 0 heterocycles. The molecular weight excluding hydrogens is 246 g/mol. The molecule has 0 spiro atoms. The second-order valence-electron chi connectivity index (χ2n) is 5.95. The molecule has 0 amide bonds. The molecule has 1 atom stereocenters. The van der Waals surface area contributed by atoms with Gasteiger partial charge in [-0.1, -0.05) is 48.5 Å². The maximum atomic E-state index is 9.04. The van der Waals surface area contributed by atoms with E-state index in [-0.39, 0.29) is 5.92 Å². The Morgan fingerprint density at radius 3 is 2.00 bits per heavy atom. The fraction of sp³-hybridized carbons (Fsp3) is 0.278. The van der Waals surface area contributed by atoms with Gasteiger partial charge in [-0.3, -0.25) is 0 Å². The molecule has 0 saturated heterocycles. The molecule has 0 aliphatic heterocycles. The predicted octanol–water partition coefficient (Wildman–Crippen LogP) is 3.92. The first-order chi connectivity index (χ1) is 9.74. The Labute approximate surface area is 118 Å². The van der Waals surface area contributed by atoms with Crippen molar-refractivity contribution in [3.8, 4) is 6.26 Å². The van der Waals surface area contributed by atoms with Crippen molar-refractivity contribution in [1.29, 1.82) is 5.26 Å². The van der Waals surface area contributed by atoms with Crippen LogP contribution in [0.5, 0.6) is 0 Å². The molecule has 0 fully saturated rings. The zero-order valence-electron chi connectivity index (χ0n) is 11.3. The molecule has 0 saturated carbocycles. The lowest BCUT2D eigenvalue weighted by molar-refractivity contribution is 0.0108. The molecule has 2 bridgehead atoms. The molecule has 2 heteroatoms. The van der Waals surface area contributed by atoms with Crippen LogP contribution in [-0.4, -0.2) is 5.60 Å². The highest BCUT2D eigenvalue weighted by Crippen LogP contribution is 2.58. The van der Waals surface area contributed by atoms with E-state index in [0.29, 0.717) is 5.92 Å². The van der Waals surface area contributed by atoms with Gasteiger partial charge in [-0.2, -0.15) is 5.26 Å². The van der Waals surface area contributed by atoms with Crippen LogP contribution in [0.25, 0.3) is 0 Å². The van der Waals surface area contributed by atoms with E-state index in [2.05, 4.69) is 55.5 Å². The number of nitrogens with zero attached hydrogens (tertiary/aromatic N) is 1. The van der Waals surface area contributed by atoms with Crippen molar-refractivity contribution in [2.24, 2.45) is 0 Å². The lowest BCUT2D eigenvalue weighted by Crippen LogP contribution is -2.45. The molecule has 5 rings (SSSR count). The van der Waals surface area contributed by atoms with Crippen LogP contribution in [-0.2, 0) is 4.74 Å². The molecule has 2 nitrogen and oxygen atoms in total. The largest absolute Gasteiger partial charge is 0.420 e. The molecule has 3 aliphatic rings. The van der Waals surface area contributed by atoms with Gasteiger partial charge >= 0.3 is 0 Å². The molecule has 2 aromatic carbocycles. The predicted molar refractivity (Wildman–Crippen MR) is 76.3 cm³/mol. The normalized spacial score (nSPS) is 29.2. The van der Waals surface area contributed by atoms with Gasteiger partial charge < -0.3 is 4.74 Å². The summed E-state index contributed by atoms with van der Waals surface area (Å²) in [4.78, 5) is 0. The maximum Gasteiger partial charge on any atom is 0.286 e. The highest BCUT2D eigenvalue weighted by Gasteiger charge is 2.51. The summed E-state index contributed by atoms with van der Waals surface area (Å²) in [5.41, 5.74) is 5.01. The van der Waals surface area contributed by atoms with E-state index in [0.717, 1.165) is 6.42 Å². The third kappa shape index (κ3) is 1.33. The van der Waals surface area contributed by atoms with Crippen LogP contribution in [0.4, 0.5) is 0 Å². The van der Waals surface area contributed by atoms with Gasteiger partial charge in [0.05, 0.1) is 5.92 Å². The Bertz CT molecular complexity index is 683. The van der Waals surface area contributed by atoms with Gasteiger partial charge in [-0.05, 0) is 35.6 Å². The Balaban J connectivity index is 2.01. The van der Waals surface area contributed by atoms with Crippen LogP contribution in [0.2, 0.25) is 0 Å². The van der Waals surface area contributed by atoms with E-state index < -0.39 is 5.60 Å². The van der Waals surface area contributed by atoms with Crippen molar-refractivity contribution >= 4 is 0 Å². The van der Waals surface area contributed by atoms with Crippen LogP contribution < -0.4 is 0 Å². The van der Waals surface area contributed by atoms with Crippen molar-refractivity contribution in [2.75, 3.05) is 0 Å². The Hall–Kier alpha value is -2.27. The molecule has 0 N–H and O–H groups in total. The summed E-state index contributed by atoms with van der Waals surface area (Å²) in [7, 11) is 0. The first-order valence-electron chi connectivity index (χ1n) is 6.99. The first kappa shape index (κ1) is 11.5. The van der Waals surface area contributed by atoms with Crippen molar-refractivity contribution in [2.45, 2.75) is 30.8 Å². The Morgan fingerprint density at radius 1 is 1.00 bits per heavy atom. The molecule has 20 heavy (non-hydrogen) atoms. The summed E-state index contributed by atoms with van der Waals surface area (Å²) in [6.07, 6.45) is 2.80. The SMILES string of the molecule is C[C@]1(OC#N)CC2c3ccccc3C1c1ccccc12. The third-order valence-corrected chi connectivity index (χ3v) is 4.86. The van der Waals surface area contributed by atoms with Crippen molar-refractivity contribution in [3.63, 3.8) is 0 Å². The molecular formula is C18H15NO. The summed E-state index contributed by atoms with van der Waals surface area (Å²) >= 11 is 0. The summed E-state index contributed by atoms with van der Waals surface area (Å²) < 4.78 is 5.52. The zero-order chi connectivity index (χ0) is 13.7. The smallest absolute Gasteiger partial charge is 0.286 e. The van der Waals surface area contributed by atoms with Gasteiger partial charge in [0.1, 0.15) is 5.60 Å². The molecule has 0 unspecified atom stereocenters. The van der Waals surface area contributed by atoms with Gasteiger partial charge in [0.15, 0.2) is 0 Å². The van der Waals surface area contributed by atoms with E-state index in [1.165, 1.54) is 22.3 Å². The van der Waals surface area contributed by atoms with Gasteiger partial charge in [0.25, 0.3) is 6.26 Å². The van der Waals surface area contributed by atoms with Crippen LogP contribution in [0.3, 0.4) is 0 Å². The summed E-state index contributed by atoms with van der Waals surface area (Å²) in [5.74, 6) is 0.491. The van der Waals surface area contributed by atoms with E-state index >= 15 is 0 Å². The summed E-state index contributed by atoms with van der Waals surface area (Å²) in [6, 6.07) is 17.2. The second kappa shape index (κ2) is 3.86. The summed E-state index contributed by atoms with van der Waals surface area (Å²) in [6.45, 7) is 2.07. The topological polar surface area (TPSA) is 33.0 Å². The van der Waals surface area contributed by atoms with Crippen LogP contribution in [0, 0.1) is 11.5 Å². The van der Waals surface area contributed by atoms with Crippen LogP contribution in [0.15, 0.2) is 48.5 Å². The van der Waals surface area contributed by atoms with E-state index in [1.807, 2.05) is 6.26 Å². The highest BCUT2D eigenvalue weighted by molar-refractivity contribution is 5.57. The molecule has 0 aromatic heterocycles. The van der Waals surface area contributed by atoms with Gasteiger partial charge in [-0.25, -0.2) is 0 Å². The first-order valence-corrected chi connectivity index (χ1v) is 6.99. The molecule has 98 valence electrons. The number of fused-ring (bicyclic) bond motifs is 1. The van der Waals surface area contributed by atoms with Gasteiger partial charge in [0.2, 0.25) is 0 Å². The number of hydrogen-bond donors (Lipinski definition) is 0. The van der Waals surface area contributed by atoms with Crippen molar-refractivity contribution < 1.29 is 4.74 Å². The molecule has 2 aromatic rings. The van der Waals surface area contributed by atoms with Crippen molar-refractivity contribution in [1.82, 2.24) is 0 Å². The standard InChI is InChI=1S/C18H15NO/c1-18(20-11-19)10-16-12-6-2-4-8-14(12)17(18)15-9-5-3-7-13(15)16/h2-9,16-17H,10H2,1H3/t16?,17?,18-/m0/s1. The van der Waals surface area contributed by atoms with Gasteiger partial charge in [0, 0.05) is 5.92 Å². The third-order valence-electron chi connectivity index (χ3n) is 4.86. The highest BCUT2D eigenvalue weighted by atomic mass is 16.5. The van der Waals surface area contributed by atoms with E-state index in [4.69, 9.17) is 10.00 Å². The number of hydrogen-bond acceptors (Lipinski definition) is 2. The zero-order valence-corrected chi connectivity index (χ0v) is 11.3. The van der Waals surface area contributed by atoms with Gasteiger partial charge in [-0.15, -0.1) is 0 Å². The molecule has 0 radical (unpaired) electrons. The second-order valence-corrected chi connectivity index (χ2v) is 5.95. The van der Waals surface area contributed by atoms with Crippen LogP contribution in [0.1, 0.15) is 47.4 Å². The fourth-order valence-electron chi connectivity index (χ4n) is 4.12. The fourth-order valence-corrected chi connectivity index (χ4v) is 4.12. The molecule has 3 aliphatic carbocycles. The number of benzene rings is 2.